The van der Waals surface area contributed by atoms with Crippen LogP contribution in [-0.4, -0.2) is 19.5 Å². The molecule has 0 unspecified atom stereocenters. The quantitative estimate of drug-likeness (QED) is 0.319. The molecule has 0 amide bonds. The molecule has 0 saturated carbocycles. The van der Waals surface area contributed by atoms with Crippen LogP contribution in [0.4, 0.5) is 16.9 Å². The summed E-state index contributed by atoms with van der Waals surface area (Å²) in [6.07, 6.45) is 0. The Morgan fingerprint density at radius 3 is 1.21 bits per heavy atom. The van der Waals surface area contributed by atoms with Gasteiger partial charge >= 0.3 is 36.4 Å². The molecule has 0 aliphatic rings. The molecule has 1 aromatic carbocycles. The molecule has 0 aromatic heterocycles. The van der Waals surface area contributed by atoms with E-state index in [1.807, 2.05) is 18.2 Å². The van der Waals surface area contributed by atoms with Gasteiger partial charge in [-0.15, -0.1) is 0 Å². The van der Waals surface area contributed by atoms with E-state index in [-0.39, 0.29) is 0 Å². The first-order chi connectivity index (χ1) is 5.84. The van der Waals surface area contributed by atoms with E-state index in [0.717, 1.165) is 0 Å². The Morgan fingerprint density at radius 1 is 0.786 bits per heavy atom. The fraction of sp³-hybridized carbons (Fsp3) is 0. The van der Waals surface area contributed by atoms with Gasteiger partial charge in [0.15, 0.2) is 0 Å². The van der Waals surface area contributed by atoms with Crippen molar-refractivity contribution in [3.05, 3.63) is 33.9 Å². The Balaban J connectivity index is 0.000000241. The monoisotopic (exact) mass is 439 g/mol. The van der Waals surface area contributed by atoms with Crippen LogP contribution in [0.15, 0.2) is 30.3 Å². The molecular weight excluding hydrogens is 435 g/mol. The van der Waals surface area contributed by atoms with Crippen LogP contribution in [0.3, 0.4) is 0 Å². The van der Waals surface area contributed by atoms with E-state index in [1.54, 1.807) is 0 Å². The van der Waals surface area contributed by atoms with Crippen LogP contribution in [0.25, 0.3) is 0 Å². The van der Waals surface area contributed by atoms with Gasteiger partial charge in [0.25, 0.3) is 0 Å². The first kappa shape index (κ1) is 14.3. The first-order valence-corrected chi connectivity index (χ1v) is 9.98. The fourth-order valence-electron chi connectivity index (χ4n) is 0.415. The summed E-state index contributed by atoms with van der Waals surface area (Å²) in [6, 6.07) is 10.2. The van der Waals surface area contributed by atoms with E-state index in [2.05, 4.69) is 34.7 Å². The van der Waals surface area contributed by atoms with Crippen molar-refractivity contribution in [2.75, 3.05) is 0 Å². The van der Waals surface area contributed by atoms with Crippen molar-refractivity contribution in [1.82, 2.24) is 0 Å². The predicted molar refractivity (Wildman–Crippen MR) is 51.6 cm³/mol. The maximum absolute atomic E-state index is 11.2. The molecule has 84 valence electrons. The van der Waals surface area contributed by atoms with Gasteiger partial charge in [-0.1, -0.05) is 18.2 Å². The molecule has 0 N–H and O–H groups in total. The third kappa shape index (κ3) is 22.8. The SMILES string of the molecule is Ic1ccccc1.[F][Sb-]([F])([F])([F])([F])[F]. The summed E-state index contributed by atoms with van der Waals surface area (Å²) in [7, 11) is 0. The molecule has 0 bridgehead atoms. The summed E-state index contributed by atoms with van der Waals surface area (Å²) in [4.78, 5) is 0. The molecule has 0 radical (unpaired) electrons. The summed E-state index contributed by atoms with van der Waals surface area (Å²) in [5.74, 6) is 0. The van der Waals surface area contributed by atoms with Crippen LogP contribution in [0, 0.1) is 3.57 Å². The zero-order chi connectivity index (χ0) is 11.5. The fourth-order valence-corrected chi connectivity index (χ4v) is 0.830. The Morgan fingerprint density at radius 2 is 1.07 bits per heavy atom. The van der Waals surface area contributed by atoms with Crippen LogP contribution in [0.5, 0.6) is 0 Å². The van der Waals surface area contributed by atoms with Crippen molar-refractivity contribution in [3.63, 3.8) is 0 Å². The van der Waals surface area contributed by atoms with Gasteiger partial charge in [-0.2, -0.15) is 0 Å². The van der Waals surface area contributed by atoms with E-state index in [9.17, 15) is 16.9 Å². The van der Waals surface area contributed by atoms with E-state index < -0.39 is 19.5 Å². The molecule has 8 heteroatoms. The van der Waals surface area contributed by atoms with Crippen LogP contribution >= 0.6 is 22.6 Å². The maximum atomic E-state index is 9.93. The number of halogens is 7. The van der Waals surface area contributed by atoms with E-state index in [1.165, 1.54) is 3.57 Å². The molecule has 0 aliphatic carbocycles. The Hall–Kier alpha value is 0.348. The average Bonchev–Trinajstić information content (AvgIpc) is 1.81. The van der Waals surface area contributed by atoms with Crippen molar-refractivity contribution in [1.29, 1.82) is 0 Å². The minimum absolute atomic E-state index is 1.29. The van der Waals surface area contributed by atoms with Gasteiger partial charge in [0, 0.05) is 3.57 Å². The second-order valence-electron chi connectivity index (χ2n) is 2.25. The van der Waals surface area contributed by atoms with Gasteiger partial charge in [-0.05, 0) is 34.7 Å². The number of hydrogen-bond donors (Lipinski definition) is 0. The molecular formula is C6H5F6ISb-. The van der Waals surface area contributed by atoms with Crippen molar-refractivity contribution < 1.29 is 16.9 Å². The van der Waals surface area contributed by atoms with Gasteiger partial charge in [-0.3, -0.25) is 0 Å². The number of hydrogen-bond acceptors (Lipinski definition) is 0. The Kier molecular flexibility index (Phi) is 3.83. The standard InChI is InChI=1S/C6H5I.6FH.Sb/c7-6-4-2-1-3-5-6;;;;;;;/h1-5H;6*1H;/q;;;;;;;+5/p-6. The summed E-state index contributed by atoms with van der Waals surface area (Å²) in [5.41, 5.74) is 0. The van der Waals surface area contributed by atoms with Crippen LogP contribution in [0.2, 0.25) is 0 Å². The van der Waals surface area contributed by atoms with Crippen LogP contribution < -0.4 is 0 Å². The third-order valence-corrected chi connectivity index (χ3v) is 1.45. The number of rotatable bonds is 0. The van der Waals surface area contributed by atoms with Crippen LogP contribution in [0.1, 0.15) is 0 Å². The van der Waals surface area contributed by atoms with Crippen molar-refractivity contribution >= 4 is 42.1 Å². The van der Waals surface area contributed by atoms with Crippen LogP contribution in [-0.2, 0) is 0 Å². The zero-order valence-electron chi connectivity index (χ0n) is 6.48. The van der Waals surface area contributed by atoms with Crippen molar-refractivity contribution in [3.8, 4) is 0 Å². The molecule has 1 aromatic rings. The molecule has 0 fully saturated rings. The molecule has 0 spiro atoms. The van der Waals surface area contributed by atoms with Crippen molar-refractivity contribution in [2.45, 2.75) is 0 Å². The van der Waals surface area contributed by atoms with Crippen molar-refractivity contribution in [2.24, 2.45) is 0 Å². The predicted octanol–water partition coefficient (Wildman–Crippen LogP) is 4.43. The Bertz CT molecular complexity index is 278. The molecule has 0 saturated heterocycles. The average molecular weight is 440 g/mol. The summed E-state index contributed by atoms with van der Waals surface area (Å²) in [6.45, 7) is 0. The van der Waals surface area contributed by atoms with Gasteiger partial charge in [0.1, 0.15) is 0 Å². The van der Waals surface area contributed by atoms with E-state index in [4.69, 9.17) is 0 Å². The molecule has 0 atom stereocenters. The van der Waals surface area contributed by atoms with Gasteiger partial charge < -0.3 is 0 Å². The second-order valence-corrected chi connectivity index (χ2v) is 8.97. The minimum atomic E-state index is -11.2. The molecule has 0 nitrogen and oxygen atoms in total. The van der Waals surface area contributed by atoms with Gasteiger partial charge in [0.2, 0.25) is 0 Å². The molecule has 0 aliphatic heterocycles. The van der Waals surface area contributed by atoms with E-state index >= 15 is 0 Å². The summed E-state index contributed by atoms with van der Waals surface area (Å²) < 4.78 is 60.8. The van der Waals surface area contributed by atoms with Gasteiger partial charge in [-0.25, -0.2) is 0 Å². The zero-order valence-corrected chi connectivity index (χ0v) is 11.2. The molecule has 0 heterocycles. The number of benzene rings is 1. The Labute approximate surface area is 92.3 Å². The molecule has 14 heavy (non-hydrogen) atoms. The van der Waals surface area contributed by atoms with E-state index in [0.29, 0.717) is 0 Å². The second kappa shape index (κ2) is 3.73. The normalized spacial score (nSPS) is 15.9. The summed E-state index contributed by atoms with van der Waals surface area (Å²) >= 11 is -8.97. The molecule has 1 rings (SSSR count). The van der Waals surface area contributed by atoms with Gasteiger partial charge in [0.05, 0.1) is 0 Å². The third-order valence-electron chi connectivity index (χ3n) is 0.733. The summed E-state index contributed by atoms with van der Waals surface area (Å²) in [5, 5.41) is 0. The first-order valence-electron chi connectivity index (χ1n) is 3.11. The topological polar surface area (TPSA) is 0 Å².